The Morgan fingerprint density at radius 3 is 2.44 bits per heavy atom. The van der Waals surface area contributed by atoms with Gasteiger partial charge in [-0.2, -0.15) is 0 Å². The largest absolute Gasteiger partial charge is 0.311 e. The molecular weight excluding hydrogens is 194 g/mol. The van der Waals surface area contributed by atoms with Crippen LogP contribution in [0, 0.1) is 16.7 Å². The van der Waals surface area contributed by atoms with Gasteiger partial charge >= 0.3 is 0 Å². The molecule has 0 spiro atoms. The Kier molecular flexibility index (Phi) is 3.11. The van der Waals surface area contributed by atoms with E-state index < -0.39 is 0 Å². The van der Waals surface area contributed by atoms with E-state index in [2.05, 4.69) is 39.9 Å². The summed E-state index contributed by atoms with van der Waals surface area (Å²) in [6, 6.07) is 1.46. The normalized spacial score (nSPS) is 42.6. The molecule has 0 saturated heterocycles. The summed E-state index contributed by atoms with van der Waals surface area (Å²) in [6.45, 7) is 12.2. The van der Waals surface area contributed by atoms with Gasteiger partial charge in [0.15, 0.2) is 0 Å². The smallest absolute Gasteiger partial charge is 0.0131 e. The molecule has 0 aliphatic heterocycles. The molecule has 1 N–H and O–H groups in total. The van der Waals surface area contributed by atoms with Crippen molar-refractivity contribution in [1.29, 1.82) is 0 Å². The first kappa shape index (κ1) is 12.4. The van der Waals surface area contributed by atoms with Crippen LogP contribution in [0.25, 0.3) is 0 Å². The molecule has 0 aromatic rings. The summed E-state index contributed by atoms with van der Waals surface area (Å²) in [7, 11) is 0. The topological polar surface area (TPSA) is 12.0 Å². The molecule has 0 radical (unpaired) electrons. The Labute approximate surface area is 101 Å². The Morgan fingerprint density at radius 1 is 1.31 bits per heavy atom. The monoisotopic (exact) mass is 223 g/mol. The molecule has 94 valence electrons. The van der Waals surface area contributed by atoms with Crippen LogP contribution in [0.15, 0.2) is 0 Å². The van der Waals surface area contributed by atoms with E-state index in [9.17, 15) is 0 Å². The Bertz CT molecular complexity index is 258. The number of nitrogens with one attached hydrogen (secondary N) is 1. The first-order chi connectivity index (χ1) is 7.41. The molecule has 2 fully saturated rings. The van der Waals surface area contributed by atoms with Crippen molar-refractivity contribution in [2.45, 2.75) is 78.8 Å². The van der Waals surface area contributed by atoms with Crippen molar-refractivity contribution < 1.29 is 0 Å². The molecule has 0 heterocycles. The molecule has 1 heteroatoms. The summed E-state index contributed by atoms with van der Waals surface area (Å²) in [4.78, 5) is 0. The van der Waals surface area contributed by atoms with Crippen molar-refractivity contribution in [3.63, 3.8) is 0 Å². The second-order valence-electron chi connectivity index (χ2n) is 7.02. The molecule has 2 aliphatic carbocycles. The molecular formula is C15H29N. The van der Waals surface area contributed by atoms with Crippen LogP contribution in [-0.2, 0) is 0 Å². The minimum Gasteiger partial charge on any atom is -0.311 e. The first-order valence-electron chi connectivity index (χ1n) is 7.18. The highest BCUT2D eigenvalue weighted by Gasteiger charge is 2.61. The van der Waals surface area contributed by atoms with Crippen LogP contribution in [0.5, 0.6) is 0 Å². The van der Waals surface area contributed by atoms with Crippen LogP contribution in [0.4, 0.5) is 0 Å². The number of fused-ring (bicyclic) bond motifs is 2. The van der Waals surface area contributed by atoms with Gasteiger partial charge in [-0.05, 0) is 49.4 Å². The molecule has 0 aromatic carbocycles. The molecule has 4 atom stereocenters. The minimum atomic E-state index is 0.541. The molecule has 0 amide bonds. The zero-order valence-electron chi connectivity index (χ0n) is 11.8. The molecule has 16 heavy (non-hydrogen) atoms. The quantitative estimate of drug-likeness (QED) is 0.760. The van der Waals surface area contributed by atoms with Crippen molar-refractivity contribution in [3.05, 3.63) is 0 Å². The Balaban J connectivity index is 2.04. The van der Waals surface area contributed by atoms with Crippen LogP contribution >= 0.6 is 0 Å². The lowest BCUT2D eigenvalue weighted by Gasteiger charge is -2.40. The van der Waals surface area contributed by atoms with E-state index in [-0.39, 0.29) is 0 Å². The summed E-state index contributed by atoms with van der Waals surface area (Å²) in [5.41, 5.74) is 1.09. The average Bonchev–Trinajstić information content (AvgIpc) is 2.51. The van der Waals surface area contributed by atoms with Gasteiger partial charge in [0.2, 0.25) is 0 Å². The second-order valence-corrected chi connectivity index (χ2v) is 7.02. The molecule has 2 bridgehead atoms. The van der Waals surface area contributed by atoms with E-state index in [4.69, 9.17) is 0 Å². The summed E-state index contributed by atoms with van der Waals surface area (Å²) < 4.78 is 0. The van der Waals surface area contributed by atoms with Gasteiger partial charge < -0.3 is 5.32 Å². The molecule has 2 rings (SSSR count). The third-order valence-corrected chi connectivity index (χ3v) is 6.00. The van der Waals surface area contributed by atoms with E-state index in [1.807, 2.05) is 0 Å². The van der Waals surface area contributed by atoms with E-state index in [1.54, 1.807) is 0 Å². The van der Waals surface area contributed by atoms with Gasteiger partial charge in [0, 0.05) is 12.1 Å². The molecule has 1 nitrogen and oxygen atoms in total. The van der Waals surface area contributed by atoms with Gasteiger partial charge in [0.05, 0.1) is 0 Å². The summed E-state index contributed by atoms with van der Waals surface area (Å²) in [6.07, 6.45) is 6.92. The van der Waals surface area contributed by atoms with E-state index >= 15 is 0 Å². The zero-order chi connectivity index (χ0) is 12.0. The molecule has 2 saturated carbocycles. The number of rotatable bonds is 4. The predicted molar refractivity (Wildman–Crippen MR) is 70.5 cm³/mol. The molecule has 4 unspecified atom stereocenters. The highest BCUT2D eigenvalue weighted by Crippen LogP contribution is 2.65. The zero-order valence-corrected chi connectivity index (χ0v) is 11.8. The van der Waals surface area contributed by atoms with Gasteiger partial charge in [-0.25, -0.2) is 0 Å². The maximum Gasteiger partial charge on any atom is 0.0131 e. The van der Waals surface area contributed by atoms with Crippen LogP contribution < -0.4 is 5.32 Å². The highest BCUT2D eigenvalue weighted by atomic mass is 15.0. The fourth-order valence-electron chi connectivity index (χ4n) is 4.32. The highest BCUT2D eigenvalue weighted by molar-refractivity contribution is 5.13. The van der Waals surface area contributed by atoms with Crippen molar-refractivity contribution in [2.75, 3.05) is 0 Å². The standard InChI is InChI=1S/C15H29N/c1-6-7-11(2)16-13-10-12-8-9-15(13,5)14(12,3)4/h11-13,16H,6-10H2,1-5H3. The van der Waals surface area contributed by atoms with Crippen molar-refractivity contribution in [2.24, 2.45) is 16.7 Å². The maximum atomic E-state index is 3.91. The number of hydrogen-bond acceptors (Lipinski definition) is 1. The Hall–Kier alpha value is -0.0400. The first-order valence-corrected chi connectivity index (χ1v) is 7.18. The Morgan fingerprint density at radius 2 is 2.00 bits per heavy atom. The third kappa shape index (κ3) is 1.63. The van der Waals surface area contributed by atoms with Gasteiger partial charge in [-0.15, -0.1) is 0 Å². The van der Waals surface area contributed by atoms with Crippen LogP contribution in [0.1, 0.15) is 66.7 Å². The molecule has 2 aliphatic rings. The number of hydrogen-bond donors (Lipinski definition) is 1. The maximum absolute atomic E-state index is 3.91. The van der Waals surface area contributed by atoms with Gasteiger partial charge in [0.25, 0.3) is 0 Å². The second kappa shape index (κ2) is 4.01. The van der Waals surface area contributed by atoms with E-state index in [0.29, 0.717) is 16.9 Å². The van der Waals surface area contributed by atoms with Gasteiger partial charge in [0.1, 0.15) is 0 Å². The lowest BCUT2D eigenvalue weighted by Crippen LogP contribution is -2.47. The van der Waals surface area contributed by atoms with Gasteiger partial charge in [-0.3, -0.25) is 0 Å². The fraction of sp³-hybridized carbons (Fsp3) is 1.00. The molecule has 0 aromatic heterocycles. The summed E-state index contributed by atoms with van der Waals surface area (Å²) >= 11 is 0. The van der Waals surface area contributed by atoms with Crippen molar-refractivity contribution in [1.82, 2.24) is 5.32 Å². The SMILES string of the molecule is CCCC(C)NC1CC2CCC1(C)C2(C)C. The van der Waals surface area contributed by atoms with Crippen molar-refractivity contribution in [3.8, 4) is 0 Å². The van der Waals surface area contributed by atoms with Gasteiger partial charge in [-0.1, -0.05) is 34.1 Å². The predicted octanol–water partition coefficient (Wildman–Crippen LogP) is 3.98. The minimum absolute atomic E-state index is 0.541. The average molecular weight is 223 g/mol. The third-order valence-electron chi connectivity index (χ3n) is 6.00. The van der Waals surface area contributed by atoms with Crippen LogP contribution in [0.3, 0.4) is 0 Å². The lowest BCUT2D eigenvalue weighted by molar-refractivity contribution is 0.115. The van der Waals surface area contributed by atoms with Crippen molar-refractivity contribution >= 4 is 0 Å². The van der Waals surface area contributed by atoms with E-state index in [1.165, 1.54) is 32.1 Å². The summed E-state index contributed by atoms with van der Waals surface area (Å²) in [5.74, 6) is 0.962. The van der Waals surface area contributed by atoms with Crippen LogP contribution in [-0.4, -0.2) is 12.1 Å². The fourth-order valence-corrected chi connectivity index (χ4v) is 4.32. The van der Waals surface area contributed by atoms with Crippen LogP contribution in [0.2, 0.25) is 0 Å². The summed E-state index contributed by atoms with van der Waals surface area (Å²) in [5, 5.41) is 3.91. The lowest BCUT2D eigenvalue weighted by atomic mass is 9.69. The van der Waals surface area contributed by atoms with E-state index in [0.717, 1.165) is 12.0 Å².